The highest BCUT2D eigenvalue weighted by Crippen LogP contribution is 2.19. The minimum atomic E-state index is -0.692. The minimum absolute atomic E-state index is 0.192. The standard InChI is InChI=1S/C22H28N2O3/c1-5-6-11-23-22(26)19-9-7-8-10-20(19)24-21(25)17(4)27-18-13-15(2)12-16(3)14-18/h7-10,12-14,17H,5-6,11H2,1-4H3,(H,23,26)(H,24,25)/t17-/m0/s1. The summed E-state index contributed by atoms with van der Waals surface area (Å²) < 4.78 is 5.78. The Labute approximate surface area is 161 Å². The smallest absolute Gasteiger partial charge is 0.265 e. The van der Waals surface area contributed by atoms with Crippen LogP contribution in [0.5, 0.6) is 5.75 Å². The summed E-state index contributed by atoms with van der Waals surface area (Å²) >= 11 is 0. The number of carbonyl (C=O) groups is 2. The number of hydrogen-bond donors (Lipinski definition) is 2. The molecule has 1 atom stereocenters. The van der Waals surface area contributed by atoms with Crippen molar-refractivity contribution in [2.75, 3.05) is 11.9 Å². The van der Waals surface area contributed by atoms with Gasteiger partial charge in [0.25, 0.3) is 11.8 Å². The van der Waals surface area contributed by atoms with Crippen molar-refractivity contribution in [1.29, 1.82) is 0 Å². The quantitative estimate of drug-likeness (QED) is 0.685. The van der Waals surface area contributed by atoms with Crippen LogP contribution >= 0.6 is 0 Å². The van der Waals surface area contributed by atoms with Gasteiger partial charge in [-0.15, -0.1) is 0 Å². The van der Waals surface area contributed by atoms with Crippen molar-refractivity contribution in [3.8, 4) is 5.75 Å². The first-order chi connectivity index (χ1) is 12.9. The van der Waals surface area contributed by atoms with Gasteiger partial charge < -0.3 is 15.4 Å². The predicted octanol–water partition coefficient (Wildman–Crippen LogP) is 4.24. The highest BCUT2D eigenvalue weighted by molar-refractivity contribution is 6.04. The maximum Gasteiger partial charge on any atom is 0.265 e. The molecule has 0 aliphatic heterocycles. The van der Waals surface area contributed by atoms with Crippen molar-refractivity contribution in [3.05, 3.63) is 59.2 Å². The second-order valence-electron chi connectivity index (χ2n) is 6.73. The van der Waals surface area contributed by atoms with E-state index in [1.54, 1.807) is 31.2 Å². The number of carbonyl (C=O) groups excluding carboxylic acids is 2. The molecule has 0 radical (unpaired) electrons. The Morgan fingerprint density at radius 2 is 1.74 bits per heavy atom. The highest BCUT2D eigenvalue weighted by atomic mass is 16.5. The van der Waals surface area contributed by atoms with Crippen molar-refractivity contribution in [3.63, 3.8) is 0 Å². The molecule has 2 aromatic rings. The van der Waals surface area contributed by atoms with Gasteiger partial charge in [0, 0.05) is 6.54 Å². The number of benzene rings is 2. The van der Waals surface area contributed by atoms with Crippen molar-refractivity contribution < 1.29 is 14.3 Å². The number of nitrogens with one attached hydrogen (secondary N) is 2. The molecule has 0 saturated carbocycles. The summed E-state index contributed by atoms with van der Waals surface area (Å²) in [5, 5.41) is 5.68. The number of rotatable bonds is 8. The van der Waals surface area contributed by atoms with Crippen molar-refractivity contribution in [1.82, 2.24) is 5.32 Å². The molecule has 27 heavy (non-hydrogen) atoms. The van der Waals surface area contributed by atoms with Crippen LogP contribution in [-0.4, -0.2) is 24.5 Å². The Morgan fingerprint density at radius 1 is 1.07 bits per heavy atom. The molecular formula is C22H28N2O3. The van der Waals surface area contributed by atoms with Gasteiger partial charge in [0.15, 0.2) is 6.10 Å². The van der Waals surface area contributed by atoms with Crippen LogP contribution in [0.3, 0.4) is 0 Å². The summed E-state index contributed by atoms with van der Waals surface area (Å²) in [6.45, 7) is 8.34. The first kappa shape index (κ1) is 20.5. The van der Waals surface area contributed by atoms with E-state index < -0.39 is 6.10 Å². The van der Waals surface area contributed by atoms with Crippen molar-refractivity contribution >= 4 is 17.5 Å². The van der Waals surface area contributed by atoms with Gasteiger partial charge >= 0.3 is 0 Å². The molecule has 0 aliphatic carbocycles. The van der Waals surface area contributed by atoms with E-state index in [0.717, 1.165) is 24.0 Å². The van der Waals surface area contributed by atoms with Crippen LogP contribution in [0.2, 0.25) is 0 Å². The molecule has 0 heterocycles. The molecule has 0 spiro atoms. The zero-order chi connectivity index (χ0) is 19.8. The molecule has 2 aromatic carbocycles. The van der Waals surface area contributed by atoms with E-state index in [9.17, 15) is 9.59 Å². The Hall–Kier alpha value is -2.82. The molecule has 2 rings (SSSR count). The van der Waals surface area contributed by atoms with E-state index in [4.69, 9.17) is 4.74 Å². The molecule has 5 nitrogen and oxygen atoms in total. The average Bonchev–Trinajstić information content (AvgIpc) is 2.61. The van der Waals surface area contributed by atoms with Crippen LogP contribution in [0.15, 0.2) is 42.5 Å². The Kier molecular flexibility index (Phi) is 7.41. The van der Waals surface area contributed by atoms with Crippen LogP contribution in [0.25, 0.3) is 0 Å². The normalized spacial score (nSPS) is 11.6. The van der Waals surface area contributed by atoms with E-state index in [1.165, 1.54) is 0 Å². The fourth-order valence-electron chi connectivity index (χ4n) is 2.76. The fourth-order valence-corrected chi connectivity index (χ4v) is 2.76. The van der Waals surface area contributed by atoms with Crippen LogP contribution in [0.1, 0.15) is 48.2 Å². The van der Waals surface area contributed by atoms with Gasteiger partial charge in [-0.05, 0) is 62.6 Å². The molecule has 0 fully saturated rings. The van der Waals surface area contributed by atoms with E-state index in [-0.39, 0.29) is 11.8 Å². The number of aryl methyl sites for hydroxylation is 2. The van der Waals surface area contributed by atoms with Crippen LogP contribution in [-0.2, 0) is 4.79 Å². The number of ether oxygens (including phenoxy) is 1. The van der Waals surface area contributed by atoms with Crippen LogP contribution in [0.4, 0.5) is 5.69 Å². The summed E-state index contributed by atoms with van der Waals surface area (Å²) in [5.74, 6) is 0.158. The fraction of sp³-hybridized carbons (Fsp3) is 0.364. The molecule has 2 N–H and O–H groups in total. The van der Waals surface area contributed by atoms with Crippen molar-refractivity contribution in [2.24, 2.45) is 0 Å². The predicted molar refractivity (Wildman–Crippen MR) is 108 cm³/mol. The lowest BCUT2D eigenvalue weighted by atomic mass is 10.1. The lowest BCUT2D eigenvalue weighted by Crippen LogP contribution is -2.32. The van der Waals surface area contributed by atoms with Gasteiger partial charge in [-0.3, -0.25) is 9.59 Å². The van der Waals surface area contributed by atoms with Gasteiger partial charge in [0.2, 0.25) is 0 Å². The molecule has 0 aromatic heterocycles. The van der Waals surface area contributed by atoms with E-state index in [1.807, 2.05) is 32.0 Å². The SMILES string of the molecule is CCCCNC(=O)c1ccccc1NC(=O)[C@H](C)Oc1cc(C)cc(C)c1. The van der Waals surface area contributed by atoms with Gasteiger partial charge in [0.1, 0.15) is 5.75 Å². The van der Waals surface area contributed by atoms with E-state index in [0.29, 0.717) is 23.5 Å². The van der Waals surface area contributed by atoms with Gasteiger partial charge in [0.05, 0.1) is 11.3 Å². The van der Waals surface area contributed by atoms with Crippen LogP contribution < -0.4 is 15.4 Å². The summed E-state index contributed by atoms with van der Waals surface area (Å²) in [5.41, 5.74) is 3.08. The van der Waals surface area contributed by atoms with Gasteiger partial charge in [-0.2, -0.15) is 0 Å². The minimum Gasteiger partial charge on any atom is -0.481 e. The van der Waals surface area contributed by atoms with E-state index >= 15 is 0 Å². The third kappa shape index (κ3) is 6.13. The number of para-hydroxylation sites is 1. The summed E-state index contributed by atoms with van der Waals surface area (Å²) in [6.07, 6.45) is 1.23. The third-order valence-corrected chi connectivity index (χ3v) is 4.12. The molecule has 0 bridgehead atoms. The molecule has 0 unspecified atom stereocenters. The monoisotopic (exact) mass is 368 g/mol. The highest BCUT2D eigenvalue weighted by Gasteiger charge is 2.18. The largest absolute Gasteiger partial charge is 0.481 e. The second-order valence-corrected chi connectivity index (χ2v) is 6.73. The molecule has 144 valence electrons. The maximum atomic E-state index is 12.6. The Morgan fingerprint density at radius 3 is 2.41 bits per heavy atom. The van der Waals surface area contributed by atoms with E-state index in [2.05, 4.69) is 17.6 Å². The first-order valence-corrected chi connectivity index (χ1v) is 9.33. The third-order valence-electron chi connectivity index (χ3n) is 4.12. The number of unbranched alkanes of at least 4 members (excludes halogenated alkanes) is 1. The number of amides is 2. The van der Waals surface area contributed by atoms with Crippen molar-refractivity contribution in [2.45, 2.75) is 46.6 Å². The first-order valence-electron chi connectivity index (χ1n) is 9.33. The lowest BCUT2D eigenvalue weighted by Gasteiger charge is -2.17. The molecule has 5 heteroatoms. The maximum absolute atomic E-state index is 12.6. The molecule has 0 saturated heterocycles. The molecular weight excluding hydrogens is 340 g/mol. The molecule has 2 amide bonds. The van der Waals surface area contributed by atoms with Crippen LogP contribution in [0, 0.1) is 13.8 Å². The average molecular weight is 368 g/mol. The topological polar surface area (TPSA) is 67.4 Å². The molecule has 0 aliphatic rings. The zero-order valence-electron chi connectivity index (χ0n) is 16.5. The Bertz CT molecular complexity index is 782. The number of hydrogen-bond acceptors (Lipinski definition) is 3. The summed E-state index contributed by atoms with van der Waals surface area (Å²) in [4.78, 5) is 24.9. The lowest BCUT2D eigenvalue weighted by molar-refractivity contribution is -0.122. The number of anilines is 1. The Balaban J connectivity index is 2.05. The summed E-state index contributed by atoms with van der Waals surface area (Å²) in [7, 11) is 0. The zero-order valence-corrected chi connectivity index (χ0v) is 16.5. The second kappa shape index (κ2) is 9.76. The van der Waals surface area contributed by atoms with Gasteiger partial charge in [-0.1, -0.05) is 31.5 Å². The summed E-state index contributed by atoms with van der Waals surface area (Å²) in [6, 6.07) is 12.8. The van der Waals surface area contributed by atoms with Gasteiger partial charge in [-0.25, -0.2) is 0 Å².